The van der Waals surface area contributed by atoms with Crippen LogP contribution >= 0.6 is 23.2 Å². The van der Waals surface area contributed by atoms with E-state index in [9.17, 15) is 5.26 Å². The molecule has 0 bridgehead atoms. The van der Waals surface area contributed by atoms with Crippen molar-refractivity contribution in [3.05, 3.63) is 75.7 Å². The van der Waals surface area contributed by atoms with Crippen molar-refractivity contribution >= 4 is 45.5 Å². The van der Waals surface area contributed by atoms with Gasteiger partial charge < -0.3 is 15.5 Å². The van der Waals surface area contributed by atoms with Crippen molar-refractivity contribution in [1.82, 2.24) is 24.9 Å². The van der Waals surface area contributed by atoms with Crippen molar-refractivity contribution in [1.29, 1.82) is 5.26 Å². The molecule has 0 unspecified atom stereocenters. The largest absolute Gasteiger partial charge is 0.383 e. The molecule has 0 spiro atoms. The van der Waals surface area contributed by atoms with Gasteiger partial charge in [-0.3, -0.25) is 4.98 Å². The number of pyridine rings is 1. The molecular weight excluding hydrogens is 555 g/mol. The molecule has 0 amide bonds. The number of nitriles is 1. The maximum Gasteiger partial charge on any atom is 0.109 e. The molecule has 8 nitrogen and oxygen atoms in total. The highest BCUT2D eigenvalue weighted by Crippen LogP contribution is 2.36. The van der Waals surface area contributed by atoms with Gasteiger partial charge in [0, 0.05) is 41.9 Å². The Kier molecular flexibility index (Phi) is 8.69. The van der Waals surface area contributed by atoms with E-state index in [-0.39, 0.29) is 11.5 Å². The van der Waals surface area contributed by atoms with Crippen LogP contribution in [0.5, 0.6) is 0 Å². The summed E-state index contributed by atoms with van der Waals surface area (Å²) < 4.78 is 2.01. The summed E-state index contributed by atoms with van der Waals surface area (Å²) in [7, 11) is 0. The highest BCUT2D eigenvalue weighted by molar-refractivity contribution is 6.36. The second-order valence-corrected chi connectivity index (χ2v) is 12.7. The van der Waals surface area contributed by atoms with Crippen LogP contribution in [0.3, 0.4) is 0 Å². The molecule has 2 N–H and O–H groups in total. The fraction of sp³-hybridized carbons (Fsp3) is 0.419. The second kappa shape index (κ2) is 12.2. The molecule has 0 radical (unpaired) electrons. The van der Waals surface area contributed by atoms with Gasteiger partial charge in [0.2, 0.25) is 0 Å². The lowest BCUT2D eigenvalue weighted by Crippen LogP contribution is -2.34. The van der Waals surface area contributed by atoms with Gasteiger partial charge in [-0.05, 0) is 54.6 Å². The summed E-state index contributed by atoms with van der Waals surface area (Å²) in [4.78, 5) is 6.97. The molecule has 2 aromatic carbocycles. The first-order chi connectivity index (χ1) is 19.6. The number of benzene rings is 2. The van der Waals surface area contributed by atoms with Crippen molar-refractivity contribution in [2.45, 2.75) is 52.6 Å². The Morgan fingerprint density at radius 1 is 1.12 bits per heavy atom. The van der Waals surface area contributed by atoms with Gasteiger partial charge in [-0.1, -0.05) is 68.2 Å². The zero-order valence-corrected chi connectivity index (χ0v) is 25.5. The zero-order chi connectivity index (χ0) is 29.1. The van der Waals surface area contributed by atoms with Crippen molar-refractivity contribution in [3.63, 3.8) is 0 Å². The molecule has 10 heteroatoms. The predicted octanol–water partition coefficient (Wildman–Crippen LogP) is 7.32. The van der Waals surface area contributed by atoms with E-state index in [1.54, 1.807) is 6.20 Å². The summed E-state index contributed by atoms with van der Waals surface area (Å²) in [5.41, 5.74) is 4.43. The molecule has 0 aliphatic carbocycles. The number of aromatic nitrogens is 4. The lowest BCUT2D eigenvalue weighted by molar-refractivity contribution is 0.186. The molecule has 1 fully saturated rings. The monoisotopic (exact) mass is 590 g/mol. The van der Waals surface area contributed by atoms with Crippen LogP contribution in [0, 0.1) is 16.7 Å². The topological polar surface area (TPSA) is 94.7 Å². The van der Waals surface area contributed by atoms with E-state index >= 15 is 0 Å². The highest BCUT2D eigenvalue weighted by atomic mass is 35.5. The molecule has 2 aromatic heterocycles. The number of likely N-dealkylation sites (tertiary alicyclic amines) is 1. The van der Waals surface area contributed by atoms with Crippen LogP contribution in [-0.4, -0.2) is 51.1 Å². The second-order valence-electron chi connectivity index (χ2n) is 11.8. The first-order valence-electron chi connectivity index (χ1n) is 14.1. The van der Waals surface area contributed by atoms with Crippen molar-refractivity contribution < 1.29 is 0 Å². The van der Waals surface area contributed by atoms with Gasteiger partial charge in [-0.15, -0.1) is 5.10 Å². The number of halogens is 2. The van der Waals surface area contributed by atoms with Gasteiger partial charge in [0.05, 0.1) is 40.1 Å². The fourth-order valence-electron chi connectivity index (χ4n) is 5.22. The first kappa shape index (κ1) is 29.1. The number of hydrogen-bond donors (Lipinski definition) is 2. The summed E-state index contributed by atoms with van der Waals surface area (Å²) >= 11 is 13.0. The smallest absolute Gasteiger partial charge is 0.109 e. The Hall–Kier alpha value is -3.38. The minimum Gasteiger partial charge on any atom is -0.383 e. The maximum atomic E-state index is 9.84. The Balaban J connectivity index is 1.52. The van der Waals surface area contributed by atoms with Crippen LogP contribution in [0.2, 0.25) is 10.0 Å². The molecule has 0 saturated carbocycles. The maximum absolute atomic E-state index is 9.84. The Morgan fingerprint density at radius 2 is 1.85 bits per heavy atom. The van der Waals surface area contributed by atoms with Crippen LogP contribution in [-0.2, 0) is 0 Å². The third kappa shape index (κ3) is 6.75. The first-order valence-corrected chi connectivity index (χ1v) is 14.8. The molecular formula is C31H36Cl2N8. The third-order valence-electron chi connectivity index (χ3n) is 7.56. The molecule has 214 valence electrons. The predicted molar refractivity (Wildman–Crippen MR) is 167 cm³/mol. The summed E-state index contributed by atoms with van der Waals surface area (Å²) in [6, 6.07) is 13.9. The number of anilines is 2. The summed E-state index contributed by atoms with van der Waals surface area (Å²) in [6.07, 6.45) is 5.72. The van der Waals surface area contributed by atoms with E-state index in [1.165, 1.54) is 0 Å². The van der Waals surface area contributed by atoms with Crippen molar-refractivity contribution in [2.24, 2.45) is 5.41 Å². The number of nitrogens with one attached hydrogen (secondary N) is 2. The van der Waals surface area contributed by atoms with Crippen LogP contribution in [0.4, 0.5) is 11.4 Å². The average Bonchev–Trinajstić information content (AvgIpc) is 3.45. The minimum absolute atomic E-state index is 0.0145. The van der Waals surface area contributed by atoms with E-state index in [0.717, 1.165) is 60.5 Å². The van der Waals surface area contributed by atoms with E-state index in [1.807, 2.05) is 47.3 Å². The Bertz CT molecular complexity index is 1540. The van der Waals surface area contributed by atoms with E-state index in [2.05, 4.69) is 64.6 Å². The van der Waals surface area contributed by atoms with Gasteiger partial charge in [0.15, 0.2) is 0 Å². The van der Waals surface area contributed by atoms with Crippen molar-refractivity contribution in [3.8, 4) is 6.07 Å². The summed E-state index contributed by atoms with van der Waals surface area (Å²) in [5, 5.41) is 28.1. The molecule has 1 saturated heterocycles. The third-order valence-corrected chi connectivity index (χ3v) is 8.10. The van der Waals surface area contributed by atoms with Gasteiger partial charge in [-0.2, -0.15) is 5.26 Å². The van der Waals surface area contributed by atoms with Crippen molar-refractivity contribution in [2.75, 3.05) is 36.8 Å². The number of piperidine rings is 1. The van der Waals surface area contributed by atoms with Gasteiger partial charge in [-0.25, -0.2) is 4.68 Å². The SMILES string of the molecule is CCN1CCC(n2cc([C@@H](Nc3cc(Cl)c4ncc(C#N)c(NCC(C)(C)C)c4c3)c3ccc(Cl)cc3)nn2)CC1. The summed E-state index contributed by atoms with van der Waals surface area (Å²) in [5.74, 6) is 0. The van der Waals surface area contributed by atoms with Crippen LogP contribution in [0.25, 0.3) is 10.9 Å². The molecule has 5 rings (SSSR count). The summed E-state index contributed by atoms with van der Waals surface area (Å²) in [6.45, 7) is 12.5. The number of nitrogens with zero attached hydrogens (tertiary/aromatic N) is 6. The van der Waals surface area contributed by atoms with Crippen LogP contribution in [0.15, 0.2) is 48.8 Å². The number of hydrogen-bond acceptors (Lipinski definition) is 7. The molecule has 1 atom stereocenters. The molecule has 41 heavy (non-hydrogen) atoms. The Morgan fingerprint density at radius 3 is 2.51 bits per heavy atom. The lowest BCUT2D eigenvalue weighted by atomic mass is 9.96. The number of fused-ring (bicyclic) bond motifs is 1. The fourth-order valence-corrected chi connectivity index (χ4v) is 5.62. The minimum atomic E-state index is -0.302. The Labute approximate surface area is 251 Å². The van der Waals surface area contributed by atoms with Crippen LogP contribution < -0.4 is 10.6 Å². The molecule has 3 heterocycles. The zero-order valence-electron chi connectivity index (χ0n) is 24.0. The standard InChI is InChI=1S/C31H36Cl2N8/c1-5-40-12-10-24(11-13-40)41-18-27(38-39-41)29(20-6-8-22(32)9-7-20)37-23-14-25-28(36-19-31(2,3)4)21(16-34)17-35-30(25)26(33)15-23/h6-9,14-15,17-18,24,29,37H,5,10-13,19H2,1-4H3,(H,35,36)/t29-/m0/s1. The van der Waals surface area contributed by atoms with Crippen LogP contribution in [0.1, 0.15) is 69.4 Å². The average molecular weight is 592 g/mol. The van der Waals surface area contributed by atoms with Gasteiger partial charge in [0.25, 0.3) is 0 Å². The lowest BCUT2D eigenvalue weighted by Gasteiger charge is -2.30. The number of rotatable bonds is 8. The highest BCUT2D eigenvalue weighted by Gasteiger charge is 2.24. The van der Waals surface area contributed by atoms with E-state index in [4.69, 9.17) is 23.2 Å². The van der Waals surface area contributed by atoms with E-state index in [0.29, 0.717) is 33.7 Å². The van der Waals surface area contributed by atoms with E-state index < -0.39 is 0 Å². The quantitative estimate of drug-likeness (QED) is 0.222. The molecule has 1 aliphatic heterocycles. The molecule has 1 aliphatic rings. The van der Waals surface area contributed by atoms with Gasteiger partial charge >= 0.3 is 0 Å². The normalized spacial score (nSPS) is 15.5. The van der Waals surface area contributed by atoms with Gasteiger partial charge in [0.1, 0.15) is 11.8 Å². The molecule has 4 aromatic rings.